The highest BCUT2D eigenvalue weighted by Crippen LogP contribution is 2.30. The Hall–Kier alpha value is -2.64. The molecule has 0 aliphatic carbocycles. The number of hydrogen-bond acceptors (Lipinski definition) is 7. The summed E-state index contributed by atoms with van der Waals surface area (Å²) in [6.07, 6.45) is 1.55. The van der Waals surface area contributed by atoms with Gasteiger partial charge in [-0.25, -0.2) is 4.98 Å². The van der Waals surface area contributed by atoms with E-state index in [1.54, 1.807) is 30.2 Å². The van der Waals surface area contributed by atoms with E-state index in [0.717, 1.165) is 0 Å². The highest BCUT2D eigenvalue weighted by Gasteiger charge is 2.25. The Kier molecular flexibility index (Phi) is 3.83. The van der Waals surface area contributed by atoms with Gasteiger partial charge in [0.05, 0.1) is 17.7 Å². The highest BCUT2D eigenvalue weighted by molar-refractivity contribution is 5.61. The topological polar surface area (TPSA) is 111 Å². The first-order chi connectivity index (χ1) is 9.52. The van der Waals surface area contributed by atoms with Crippen molar-refractivity contribution in [2.24, 2.45) is 0 Å². The Bertz CT molecular complexity index is 612. The summed E-state index contributed by atoms with van der Waals surface area (Å²) >= 11 is 0. The summed E-state index contributed by atoms with van der Waals surface area (Å²) < 4.78 is 5.26. The molecule has 2 aromatic rings. The molecule has 0 atom stereocenters. The second kappa shape index (κ2) is 5.55. The van der Waals surface area contributed by atoms with Crippen molar-refractivity contribution in [3.8, 4) is 0 Å². The van der Waals surface area contributed by atoms with Gasteiger partial charge in [-0.05, 0) is 26.0 Å². The maximum absolute atomic E-state index is 11.2. The van der Waals surface area contributed by atoms with E-state index in [4.69, 9.17) is 10.2 Å². The molecule has 2 aromatic heterocycles. The van der Waals surface area contributed by atoms with Gasteiger partial charge in [0.15, 0.2) is 0 Å². The number of nitrogens with zero attached hydrogens (tertiary/aromatic N) is 4. The first-order valence-electron chi connectivity index (χ1n) is 6.08. The van der Waals surface area contributed by atoms with E-state index in [-0.39, 0.29) is 23.1 Å². The third-order valence-corrected chi connectivity index (χ3v) is 2.85. The van der Waals surface area contributed by atoms with Crippen LogP contribution in [0.25, 0.3) is 0 Å². The van der Waals surface area contributed by atoms with Crippen molar-refractivity contribution < 1.29 is 9.34 Å². The lowest BCUT2D eigenvalue weighted by Crippen LogP contribution is -2.25. The Balaban J connectivity index is 2.45. The minimum atomic E-state index is -0.491. The molecule has 0 unspecified atom stereocenters. The SMILES string of the molecule is CCN(Cc1ccco1)c1nc(N)nc(C)c1[N+](=O)[O-]. The smallest absolute Gasteiger partial charge is 0.332 e. The molecule has 0 aromatic carbocycles. The van der Waals surface area contributed by atoms with Crippen molar-refractivity contribution in [1.82, 2.24) is 9.97 Å². The molecule has 106 valence electrons. The van der Waals surface area contributed by atoms with Crippen LogP contribution in [0.15, 0.2) is 22.8 Å². The van der Waals surface area contributed by atoms with Crippen LogP contribution in [0.2, 0.25) is 0 Å². The van der Waals surface area contributed by atoms with Crippen molar-refractivity contribution in [2.75, 3.05) is 17.2 Å². The molecule has 20 heavy (non-hydrogen) atoms. The molecule has 0 radical (unpaired) electrons. The van der Waals surface area contributed by atoms with Gasteiger partial charge in [0.1, 0.15) is 11.5 Å². The Labute approximate surface area is 115 Å². The molecule has 2 rings (SSSR count). The van der Waals surface area contributed by atoms with Gasteiger partial charge in [-0.3, -0.25) is 10.1 Å². The third kappa shape index (κ3) is 2.68. The number of nitro groups is 1. The van der Waals surface area contributed by atoms with Crippen molar-refractivity contribution >= 4 is 17.5 Å². The molecule has 0 amide bonds. The van der Waals surface area contributed by atoms with Crippen molar-refractivity contribution in [3.63, 3.8) is 0 Å². The first-order valence-corrected chi connectivity index (χ1v) is 6.08. The molecular formula is C12H15N5O3. The molecule has 0 aliphatic heterocycles. The van der Waals surface area contributed by atoms with Crippen molar-refractivity contribution in [1.29, 1.82) is 0 Å². The fraction of sp³-hybridized carbons (Fsp3) is 0.333. The van der Waals surface area contributed by atoms with Crippen LogP contribution in [0.4, 0.5) is 17.5 Å². The van der Waals surface area contributed by atoms with E-state index in [2.05, 4.69) is 9.97 Å². The number of nitrogens with two attached hydrogens (primary N) is 1. The predicted octanol–water partition coefficient (Wildman–Crippen LogP) is 1.89. The van der Waals surface area contributed by atoms with E-state index in [1.165, 1.54) is 0 Å². The normalized spacial score (nSPS) is 10.5. The standard InChI is InChI=1S/C12H15N5O3/c1-3-16(7-9-5-4-6-20-9)11-10(17(18)19)8(2)14-12(13)15-11/h4-6H,3,7H2,1-2H3,(H2,13,14,15). The van der Waals surface area contributed by atoms with Crippen LogP contribution in [-0.4, -0.2) is 21.4 Å². The average molecular weight is 277 g/mol. The largest absolute Gasteiger partial charge is 0.467 e. The summed E-state index contributed by atoms with van der Waals surface area (Å²) in [6.45, 7) is 4.32. The van der Waals surface area contributed by atoms with Crippen LogP contribution >= 0.6 is 0 Å². The summed E-state index contributed by atoms with van der Waals surface area (Å²) in [5, 5.41) is 11.2. The fourth-order valence-electron chi connectivity index (χ4n) is 1.93. The van der Waals surface area contributed by atoms with Gasteiger partial charge in [0, 0.05) is 6.54 Å². The monoisotopic (exact) mass is 277 g/mol. The average Bonchev–Trinajstić information content (AvgIpc) is 2.87. The van der Waals surface area contributed by atoms with Crippen molar-refractivity contribution in [2.45, 2.75) is 20.4 Å². The van der Waals surface area contributed by atoms with Crippen molar-refractivity contribution in [3.05, 3.63) is 40.0 Å². The predicted molar refractivity (Wildman–Crippen MR) is 73.3 cm³/mol. The van der Waals surface area contributed by atoms with E-state index in [1.807, 2.05) is 6.92 Å². The molecule has 2 heterocycles. The van der Waals surface area contributed by atoms with E-state index >= 15 is 0 Å². The van der Waals surface area contributed by atoms with Gasteiger partial charge in [0.2, 0.25) is 11.8 Å². The van der Waals surface area contributed by atoms with Crippen LogP contribution < -0.4 is 10.6 Å². The van der Waals surface area contributed by atoms with Gasteiger partial charge >= 0.3 is 5.69 Å². The van der Waals surface area contributed by atoms with Crippen LogP contribution in [-0.2, 0) is 6.54 Å². The number of aryl methyl sites for hydroxylation is 1. The number of aromatic nitrogens is 2. The lowest BCUT2D eigenvalue weighted by Gasteiger charge is -2.20. The third-order valence-electron chi connectivity index (χ3n) is 2.85. The lowest BCUT2D eigenvalue weighted by atomic mass is 10.3. The second-order valence-electron chi connectivity index (χ2n) is 4.19. The Morgan fingerprint density at radius 2 is 2.25 bits per heavy atom. The molecule has 8 nitrogen and oxygen atoms in total. The summed E-state index contributed by atoms with van der Waals surface area (Å²) in [6, 6.07) is 3.56. The zero-order valence-electron chi connectivity index (χ0n) is 11.2. The number of anilines is 2. The number of rotatable bonds is 5. The summed E-state index contributed by atoms with van der Waals surface area (Å²) in [5.41, 5.74) is 5.71. The zero-order valence-corrected chi connectivity index (χ0v) is 11.2. The van der Waals surface area contributed by atoms with Gasteiger partial charge in [-0.15, -0.1) is 0 Å². The maximum Gasteiger partial charge on any atom is 0.332 e. The summed E-state index contributed by atoms with van der Waals surface area (Å²) in [5.74, 6) is 0.913. The minimum absolute atomic E-state index is 0.0148. The lowest BCUT2D eigenvalue weighted by molar-refractivity contribution is -0.385. The fourth-order valence-corrected chi connectivity index (χ4v) is 1.93. The zero-order chi connectivity index (χ0) is 14.7. The number of hydrogen-bond donors (Lipinski definition) is 1. The molecule has 0 aliphatic rings. The number of furan rings is 1. The Morgan fingerprint density at radius 1 is 1.50 bits per heavy atom. The van der Waals surface area contributed by atoms with E-state index in [9.17, 15) is 10.1 Å². The van der Waals surface area contributed by atoms with Crippen LogP contribution in [0.5, 0.6) is 0 Å². The Morgan fingerprint density at radius 3 is 2.80 bits per heavy atom. The van der Waals surface area contributed by atoms with Gasteiger partial charge in [-0.2, -0.15) is 4.98 Å². The molecule has 2 N–H and O–H groups in total. The molecule has 0 bridgehead atoms. The molecule has 0 saturated heterocycles. The summed E-state index contributed by atoms with van der Waals surface area (Å²) in [4.78, 5) is 20.3. The van der Waals surface area contributed by atoms with Gasteiger partial charge in [-0.1, -0.05) is 0 Å². The van der Waals surface area contributed by atoms with E-state index in [0.29, 0.717) is 18.8 Å². The molecule has 0 spiro atoms. The second-order valence-corrected chi connectivity index (χ2v) is 4.19. The maximum atomic E-state index is 11.2. The first kappa shape index (κ1) is 13.8. The minimum Gasteiger partial charge on any atom is -0.467 e. The molecule has 8 heteroatoms. The van der Waals surface area contributed by atoms with Gasteiger partial charge < -0.3 is 15.1 Å². The number of nitrogen functional groups attached to an aromatic ring is 1. The quantitative estimate of drug-likeness (QED) is 0.656. The summed E-state index contributed by atoms with van der Waals surface area (Å²) in [7, 11) is 0. The highest BCUT2D eigenvalue weighted by atomic mass is 16.6. The molecule has 0 fully saturated rings. The van der Waals surface area contributed by atoms with Crippen LogP contribution in [0.3, 0.4) is 0 Å². The van der Waals surface area contributed by atoms with E-state index < -0.39 is 4.92 Å². The van der Waals surface area contributed by atoms with Gasteiger partial charge in [0.25, 0.3) is 0 Å². The van der Waals surface area contributed by atoms with Crippen LogP contribution in [0, 0.1) is 17.0 Å². The van der Waals surface area contributed by atoms with Crippen LogP contribution in [0.1, 0.15) is 18.4 Å². The molecular weight excluding hydrogens is 262 g/mol. The molecule has 0 saturated carbocycles.